The highest BCUT2D eigenvalue weighted by molar-refractivity contribution is 7.10. The van der Waals surface area contributed by atoms with Gasteiger partial charge < -0.3 is 14.5 Å². The van der Waals surface area contributed by atoms with E-state index in [0.717, 1.165) is 17.7 Å². The summed E-state index contributed by atoms with van der Waals surface area (Å²) in [6, 6.07) is 9.93. The fraction of sp³-hybridized carbons (Fsp3) is 0.538. The van der Waals surface area contributed by atoms with Gasteiger partial charge in [-0.05, 0) is 69.2 Å². The quantitative estimate of drug-likeness (QED) is 0.573. The fourth-order valence-electron chi connectivity index (χ4n) is 4.07. The molecular formula is C26H36N2O3S. The third-order valence-electron chi connectivity index (χ3n) is 5.83. The Morgan fingerprint density at radius 3 is 2.50 bits per heavy atom. The van der Waals surface area contributed by atoms with Crippen LogP contribution in [0.25, 0.3) is 0 Å². The van der Waals surface area contributed by atoms with E-state index < -0.39 is 5.54 Å². The molecule has 0 aliphatic carbocycles. The lowest BCUT2D eigenvalue weighted by Crippen LogP contribution is -2.53. The van der Waals surface area contributed by atoms with Gasteiger partial charge in [0, 0.05) is 23.4 Å². The number of hydrogen-bond acceptors (Lipinski definition) is 4. The van der Waals surface area contributed by atoms with Crippen LogP contribution in [0.3, 0.4) is 0 Å². The van der Waals surface area contributed by atoms with E-state index in [0.29, 0.717) is 19.6 Å². The molecule has 2 heterocycles. The molecule has 3 rings (SSSR count). The molecule has 6 heteroatoms. The van der Waals surface area contributed by atoms with Crippen LogP contribution in [0.4, 0.5) is 0 Å². The molecule has 1 aromatic heterocycles. The minimum Gasteiger partial charge on any atom is -0.491 e. The molecule has 0 saturated heterocycles. The standard InChI is InChI=1S/C26H36N2O3S/c1-18(2)15-24(29)28(26(4,5)6)16-25(30)27-13-11-23-21(12-14-32-23)22(27)17-31-20-9-7-19(3)8-10-20/h7-10,12,14,18,22H,11,13,15-17H2,1-6H3. The van der Waals surface area contributed by atoms with Crippen LogP contribution in [0.1, 0.15) is 63.1 Å². The van der Waals surface area contributed by atoms with Crippen molar-refractivity contribution in [3.05, 3.63) is 51.7 Å². The third kappa shape index (κ3) is 5.91. The van der Waals surface area contributed by atoms with E-state index in [2.05, 4.69) is 11.4 Å². The van der Waals surface area contributed by atoms with Crippen molar-refractivity contribution in [1.29, 1.82) is 0 Å². The van der Waals surface area contributed by atoms with Crippen molar-refractivity contribution in [1.82, 2.24) is 9.80 Å². The van der Waals surface area contributed by atoms with E-state index in [1.807, 2.05) is 70.7 Å². The maximum atomic E-state index is 13.5. The molecule has 32 heavy (non-hydrogen) atoms. The summed E-state index contributed by atoms with van der Waals surface area (Å²) in [7, 11) is 0. The Labute approximate surface area is 196 Å². The zero-order valence-electron chi connectivity index (χ0n) is 20.2. The molecule has 1 unspecified atom stereocenters. The molecule has 5 nitrogen and oxygen atoms in total. The number of amides is 2. The number of nitrogens with zero attached hydrogens (tertiary/aromatic N) is 2. The van der Waals surface area contributed by atoms with Crippen LogP contribution in [-0.2, 0) is 16.0 Å². The van der Waals surface area contributed by atoms with Crippen molar-refractivity contribution >= 4 is 23.2 Å². The van der Waals surface area contributed by atoms with Gasteiger partial charge in [-0.3, -0.25) is 9.59 Å². The van der Waals surface area contributed by atoms with Gasteiger partial charge in [0.05, 0.1) is 6.04 Å². The Balaban J connectivity index is 1.79. The second-order valence-electron chi connectivity index (χ2n) is 10.0. The Kier molecular flexibility index (Phi) is 7.65. The van der Waals surface area contributed by atoms with Crippen molar-refractivity contribution in [2.24, 2.45) is 5.92 Å². The summed E-state index contributed by atoms with van der Waals surface area (Å²) in [6.07, 6.45) is 1.29. The van der Waals surface area contributed by atoms with Gasteiger partial charge in [0.25, 0.3) is 0 Å². The van der Waals surface area contributed by atoms with E-state index in [9.17, 15) is 9.59 Å². The van der Waals surface area contributed by atoms with Crippen LogP contribution in [-0.4, -0.2) is 46.8 Å². The second kappa shape index (κ2) is 10.1. The molecule has 0 bridgehead atoms. The lowest BCUT2D eigenvalue weighted by Gasteiger charge is -2.40. The summed E-state index contributed by atoms with van der Waals surface area (Å²) in [5.74, 6) is 1.06. The van der Waals surface area contributed by atoms with Gasteiger partial charge in [0.15, 0.2) is 0 Å². The van der Waals surface area contributed by atoms with Crippen LogP contribution in [0.2, 0.25) is 0 Å². The summed E-state index contributed by atoms with van der Waals surface area (Å²) >= 11 is 1.74. The first-order valence-corrected chi connectivity index (χ1v) is 12.3. The Morgan fingerprint density at radius 2 is 1.88 bits per heavy atom. The van der Waals surface area contributed by atoms with Gasteiger partial charge in [-0.2, -0.15) is 0 Å². The summed E-state index contributed by atoms with van der Waals surface area (Å²) in [5.41, 5.74) is 1.93. The van der Waals surface area contributed by atoms with Crippen LogP contribution < -0.4 is 4.74 Å². The normalized spacial score (nSPS) is 16.1. The predicted octanol–water partition coefficient (Wildman–Crippen LogP) is 5.23. The summed E-state index contributed by atoms with van der Waals surface area (Å²) in [4.78, 5) is 31.4. The number of benzene rings is 1. The van der Waals surface area contributed by atoms with Gasteiger partial charge in [0.2, 0.25) is 11.8 Å². The van der Waals surface area contributed by atoms with E-state index in [1.54, 1.807) is 16.2 Å². The van der Waals surface area contributed by atoms with Gasteiger partial charge >= 0.3 is 0 Å². The molecule has 0 N–H and O–H groups in total. The first kappa shape index (κ1) is 24.3. The van der Waals surface area contributed by atoms with Crippen LogP contribution in [0.5, 0.6) is 5.75 Å². The highest BCUT2D eigenvalue weighted by atomic mass is 32.1. The average Bonchev–Trinajstić information content (AvgIpc) is 3.18. The lowest BCUT2D eigenvalue weighted by molar-refractivity contribution is -0.147. The number of ether oxygens (including phenoxy) is 1. The molecule has 2 aromatic rings. The first-order valence-electron chi connectivity index (χ1n) is 11.4. The molecule has 0 radical (unpaired) electrons. The molecular weight excluding hydrogens is 420 g/mol. The molecule has 1 aliphatic heterocycles. The van der Waals surface area contributed by atoms with Crippen LogP contribution in [0, 0.1) is 12.8 Å². The van der Waals surface area contributed by atoms with E-state index in [4.69, 9.17) is 4.74 Å². The van der Waals surface area contributed by atoms with E-state index in [-0.39, 0.29) is 30.3 Å². The van der Waals surface area contributed by atoms with Crippen molar-refractivity contribution in [2.75, 3.05) is 19.7 Å². The molecule has 0 saturated carbocycles. The minimum absolute atomic E-state index is 0.0219. The van der Waals surface area contributed by atoms with Crippen molar-refractivity contribution in [3.8, 4) is 5.75 Å². The number of hydrogen-bond donors (Lipinski definition) is 0. The van der Waals surface area contributed by atoms with Gasteiger partial charge in [-0.1, -0.05) is 31.5 Å². The highest BCUT2D eigenvalue weighted by Gasteiger charge is 2.35. The van der Waals surface area contributed by atoms with Gasteiger partial charge in [0.1, 0.15) is 18.9 Å². The monoisotopic (exact) mass is 456 g/mol. The van der Waals surface area contributed by atoms with Gasteiger partial charge in [-0.15, -0.1) is 11.3 Å². The zero-order chi connectivity index (χ0) is 23.5. The molecule has 1 aliphatic rings. The maximum Gasteiger partial charge on any atom is 0.242 e. The lowest BCUT2D eigenvalue weighted by atomic mass is 9.99. The topological polar surface area (TPSA) is 49.9 Å². The molecule has 1 atom stereocenters. The Hall–Kier alpha value is -2.34. The van der Waals surface area contributed by atoms with Crippen LogP contribution >= 0.6 is 11.3 Å². The van der Waals surface area contributed by atoms with Crippen LogP contribution in [0.15, 0.2) is 35.7 Å². The molecule has 0 spiro atoms. The number of fused-ring (bicyclic) bond motifs is 1. The zero-order valence-corrected chi connectivity index (χ0v) is 21.0. The Bertz CT molecular complexity index is 927. The minimum atomic E-state index is -0.418. The Morgan fingerprint density at radius 1 is 1.19 bits per heavy atom. The largest absolute Gasteiger partial charge is 0.491 e. The number of thiophene rings is 1. The van der Waals surface area contributed by atoms with Gasteiger partial charge in [-0.25, -0.2) is 0 Å². The fourth-order valence-corrected chi connectivity index (χ4v) is 5.00. The molecule has 0 fully saturated rings. The average molecular weight is 457 g/mol. The molecule has 174 valence electrons. The SMILES string of the molecule is Cc1ccc(OCC2c3ccsc3CCN2C(=O)CN(C(=O)CC(C)C)C(C)(C)C)cc1. The molecule has 2 amide bonds. The van der Waals surface area contributed by atoms with E-state index >= 15 is 0 Å². The summed E-state index contributed by atoms with van der Waals surface area (Å²) in [6.45, 7) is 13.2. The van der Waals surface area contributed by atoms with Crippen molar-refractivity contribution in [2.45, 2.75) is 66.0 Å². The second-order valence-corrected chi connectivity index (χ2v) is 11.0. The highest BCUT2D eigenvalue weighted by Crippen LogP contribution is 2.34. The van der Waals surface area contributed by atoms with Crippen molar-refractivity contribution < 1.29 is 14.3 Å². The summed E-state index contributed by atoms with van der Waals surface area (Å²) < 4.78 is 6.11. The number of carbonyl (C=O) groups is 2. The number of aryl methyl sites for hydroxylation is 1. The number of rotatable bonds is 7. The predicted molar refractivity (Wildman–Crippen MR) is 130 cm³/mol. The van der Waals surface area contributed by atoms with E-state index in [1.165, 1.54) is 10.4 Å². The summed E-state index contributed by atoms with van der Waals surface area (Å²) in [5, 5.41) is 2.09. The first-order chi connectivity index (χ1) is 15.1. The van der Waals surface area contributed by atoms with Crippen molar-refractivity contribution in [3.63, 3.8) is 0 Å². The number of carbonyl (C=O) groups excluding carboxylic acids is 2. The maximum absolute atomic E-state index is 13.5. The smallest absolute Gasteiger partial charge is 0.242 e. The third-order valence-corrected chi connectivity index (χ3v) is 6.83. The molecule has 1 aromatic carbocycles.